The highest BCUT2D eigenvalue weighted by atomic mass is 79.9. The van der Waals surface area contributed by atoms with Gasteiger partial charge < -0.3 is 10.0 Å². The summed E-state index contributed by atoms with van der Waals surface area (Å²) in [5.41, 5.74) is 1.33. The SMILES string of the molecule is Cc1cc(Br)ccc1-n1cc(C2(O)CCCN(C(=O)Cc3nc4ncccn4n3)CC2)nn1. The number of nitrogens with zero attached hydrogens (tertiary/aromatic N) is 8. The standard InChI is InChI=1S/C22H23BrN8O2/c1-15-12-16(23)4-5-17(15)31-14-18(26-28-31)22(33)6-2-9-29(11-7-22)20(32)13-19-25-21-24-8-3-10-30(21)27-19/h3-5,8,10,12,14,33H,2,6-7,9,11,13H2,1H3. The lowest BCUT2D eigenvalue weighted by Crippen LogP contribution is -2.35. The minimum atomic E-state index is -1.14. The Morgan fingerprint density at radius 3 is 2.97 bits per heavy atom. The van der Waals surface area contributed by atoms with Crippen LogP contribution in [-0.4, -0.2) is 63.6 Å². The number of carbonyl (C=O) groups excluding carboxylic acids is 1. The molecule has 170 valence electrons. The summed E-state index contributed by atoms with van der Waals surface area (Å²) in [6.45, 7) is 2.98. The van der Waals surface area contributed by atoms with Gasteiger partial charge in [-0.2, -0.15) is 4.98 Å². The Bertz CT molecular complexity index is 1290. The van der Waals surface area contributed by atoms with Crippen molar-refractivity contribution in [1.82, 2.24) is 39.5 Å². The van der Waals surface area contributed by atoms with Crippen LogP contribution in [0.2, 0.25) is 0 Å². The number of carbonyl (C=O) groups is 1. The summed E-state index contributed by atoms with van der Waals surface area (Å²) >= 11 is 3.47. The van der Waals surface area contributed by atoms with E-state index in [0.29, 0.717) is 49.6 Å². The maximum absolute atomic E-state index is 12.9. The van der Waals surface area contributed by atoms with Gasteiger partial charge in [0.25, 0.3) is 5.78 Å². The summed E-state index contributed by atoms with van der Waals surface area (Å²) in [5.74, 6) is 0.838. The molecule has 1 N–H and O–H groups in total. The van der Waals surface area contributed by atoms with Crippen molar-refractivity contribution in [2.24, 2.45) is 0 Å². The van der Waals surface area contributed by atoms with Gasteiger partial charge in [0.2, 0.25) is 5.91 Å². The van der Waals surface area contributed by atoms with E-state index < -0.39 is 5.60 Å². The molecule has 1 unspecified atom stereocenters. The molecule has 0 bridgehead atoms. The molecule has 1 aliphatic heterocycles. The Balaban J connectivity index is 1.28. The third-order valence-corrected chi connectivity index (χ3v) is 6.51. The predicted molar refractivity (Wildman–Crippen MR) is 123 cm³/mol. The largest absolute Gasteiger partial charge is 0.383 e. The number of rotatable bonds is 4. The number of hydrogen-bond acceptors (Lipinski definition) is 7. The van der Waals surface area contributed by atoms with Gasteiger partial charge in [0.05, 0.1) is 18.3 Å². The van der Waals surface area contributed by atoms with Gasteiger partial charge in [0.15, 0.2) is 5.82 Å². The van der Waals surface area contributed by atoms with Crippen molar-refractivity contribution < 1.29 is 9.90 Å². The number of aromatic nitrogens is 7. The minimum Gasteiger partial charge on any atom is -0.383 e. The molecule has 0 aliphatic carbocycles. The maximum atomic E-state index is 12.9. The Labute approximate surface area is 198 Å². The molecule has 10 nitrogen and oxygen atoms in total. The molecule has 33 heavy (non-hydrogen) atoms. The molecule has 1 amide bonds. The lowest BCUT2D eigenvalue weighted by atomic mass is 9.92. The molecule has 1 fully saturated rings. The first-order valence-corrected chi connectivity index (χ1v) is 11.6. The van der Waals surface area contributed by atoms with Crippen LogP contribution in [0.4, 0.5) is 0 Å². The molecule has 1 aliphatic rings. The van der Waals surface area contributed by atoms with Crippen LogP contribution >= 0.6 is 15.9 Å². The van der Waals surface area contributed by atoms with Crippen molar-refractivity contribution >= 4 is 27.6 Å². The fourth-order valence-corrected chi connectivity index (χ4v) is 4.67. The van der Waals surface area contributed by atoms with Crippen LogP contribution in [0.1, 0.15) is 36.3 Å². The monoisotopic (exact) mass is 510 g/mol. The van der Waals surface area contributed by atoms with Crippen molar-refractivity contribution in [2.75, 3.05) is 13.1 Å². The number of fused-ring (bicyclic) bond motifs is 1. The lowest BCUT2D eigenvalue weighted by molar-refractivity contribution is -0.130. The Morgan fingerprint density at radius 2 is 2.15 bits per heavy atom. The van der Waals surface area contributed by atoms with Crippen molar-refractivity contribution in [3.05, 3.63) is 64.4 Å². The smallest absolute Gasteiger partial charge is 0.252 e. The Kier molecular flexibility index (Phi) is 5.67. The molecule has 1 aromatic carbocycles. The van der Waals surface area contributed by atoms with E-state index in [0.717, 1.165) is 15.7 Å². The first-order chi connectivity index (χ1) is 15.9. The van der Waals surface area contributed by atoms with Crippen molar-refractivity contribution in [2.45, 2.75) is 38.2 Å². The number of amides is 1. The molecule has 0 saturated carbocycles. The number of aryl methyl sites for hydroxylation is 1. The van der Waals surface area contributed by atoms with E-state index in [-0.39, 0.29) is 12.3 Å². The van der Waals surface area contributed by atoms with Crippen LogP contribution in [0.25, 0.3) is 11.5 Å². The quantitative estimate of drug-likeness (QED) is 0.447. The number of aliphatic hydroxyl groups is 1. The topological polar surface area (TPSA) is 114 Å². The van der Waals surface area contributed by atoms with Crippen LogP contribution < -0.4 is 0 Å². The van der Waals surface area contributed by atoms with Crippen LogP contribution in [-0.2, 0) is 16.8 Å². The number of halogens is 1. The second-order valence-corrected chi connectivity index (χ2v) is 9.23. The summed E-state index contributed by atoms with van der Waals surface area (Å²) < 4.78 is 4.23. The highest BCUT2D eigenvalue weighted by molar-refractivity contribution is 9.10. The van der Waals surface area contributed by atoms with Gasteiger partial charge in [-0.25, -0.2) is 14.2 Å². The average molecular weight is 511 g/mol. The maximum Gasteiger partial charge on any atom is 0.252 e. The first kappa shape index (κ1) is 21.7. The number of likely N-dealkylation sites (tertiary alicyclic amines) is 1. The van der Waals surface area contributed by atoms with E-state index in [4.69, 9.17) is 0 Å². The van der Waals surface area contributed by atoms with Crippen molar-refractivity contribution in [3.63, 3.8) is 0 Å². The molecule has 0 spiro atoms. The van der Waals surface area contributed by atoms with Crippen LogP contribution in [0.5, 0.6) is 0 Å². The zero-order valence-corrected chi connectivity index (χ0v) is 19.7. The molecule has 5 rings (SSSR count). The van der Waals surface area contributed by atoms with Crippen LogP contribution in [0.15, 0.2) is 47.3 Å². The van der Waals surface area contributed by atoms with Gasteiger partial charge in [-0.05, 0) is 56.0 Å². The fourth-order valence-electron chi connectivity index (χ4n) is 4.19. The Morgan fingerprint density at radius 1 is 1.27 bits per heavy atom. The second-order valence-electron chi connectivity index (χ2n) is 8.31. The average Bonchev–Trinajstić information content (AvgIpc) is 3.38. The molecule has 11 heteroatoms. The summed E-state index contributed by atoms with van der Waals surface area (Å²) in [4.78, 5) is 23.1. The van der Waals surface area contributed by atoms with E-state index in [1.807, 2.05) is 25.1 Å². The number of hydrogen-bond donors (Lipinski definition) is 1. The molecular formula is C22H23BrN8O2. The summed E-state index contributed by atoms with van der Waals surface area (Å²) in [5, 5.41) is 24.2. The summed E-state index contributed by atoms with van der Waals surface area (Å²) in [6.07, 6.45) is 6.81. The Hall–Kier alpha value is -3.18. The zero-order valence-electron chi connectivity index (χ0n) is 18.1. The third-order valence-electron chi connectivity index (χ3n) is 6.01. The third kappa shape index (κ3) is 4.38. The molecule has 0 radical (unpaired) electrons. The van der Waals surface area contributed by atoms with Gasteiger partial charge in [-0.1, -0.05) is 21.1 Å². The molecule has 1 atom stereocenters. The van der Waals surface area contributed by atoms with E-state index in [1.54, 1.807) is 38.8 Å². The summed E-state index contributed by atoms with van der Waals surface area (Å²) in [7, 11) is 0. The molecule has 4 heterocycles. The zero-order chi connectivity index (χ0) is 23.0. The minimum absolute atomic E-state index is 0.0655. The van der Waals surface area contributed by atoms with Crippen LogP contribution in [0, 0.1) is 6.92 Å². The van der Waals surface area contributed by atoms with Crippen molar-refractivity contribution in [3.8, 4) is 5.69 Å². The second kappa shape index (κ2) is 8.64. The van der Waals surface area contributed by atoms with E-state index in [9.17, 15) is 9.90 Å². The lowest BCUT2D eigenvalue weighted by Gasteiger charge is -2.24. The normalized spacial score (nSPS) is 19.1. The van der Waals surface area contributed by atoms with Gasteiger partial charge in [-0.15, -0.1) is 10.2 Å². The molecule has 4 aromatic rings. The highest BCUT2D eigenvalue weighted by Crippen LogP contribution is 2.32. The fraction of sp³-hybridized carbons (Fsp3) is 0.364. The van der Waals surface area contributed by atoms with E-state index in [2.05, 4.69) is 41.3 Å². The van der Waals surface area contributed by atoms with Crippen molar-refractivity contribution in [1.29, 1.82) is 0 Å². The first-order valence-electron chi connectivity index (χ1n) is 10.8. The van der Waals surface area contributed by atoms with E-state index >= 15 is 0 Å². The van der Waals surface area contributed by atoms with Gasteiger partial charge in [0, 0.05) is 30.0 Å². The number of benzene rings is 1. The molecular weight excluding hydrogens is 488 g/mol. The molecule has 1 saturated heterocycles. The highest BCUT2D eigenvalue weighted by Gasteiger charge is 2.36. The van der Waals surface area contributed by atoms with Crippen LogP contribution in [0.3, 0.4) is 0 Å². The van der Waals surface area contributed by atoms with E-state index in [1.165, 1.54) is 0 Å². The molecule has 3 aromatic heterocycles. The summed E-state index contributed by atoms with van der Waals surface area (Å²) in [6, 6.07) is 7.67. The predicted octanol–water partition coefficient (Wildman–Crippen LogP) is 2.22. The van der Waals surface area contributed by atoms with Gasteiger partial charge in [0.1, 0.15) is 11.3 Å². The van der Waals surface area contributed by atoms with Gasteiger partial charge in [-0.3, -0.25) is 4.79 Å². The van der Waals surface area contributed by atoms with Gasteiger partial charge >= 0.3 is 0 Å².